The van der Waals surface area contributed by atoms with Crippen molar-refractivity contribution in [3.05, 3.63) is 131 Å². The summed E-state index contributed by atoms with van der Waals surface area (Å²) in [5, 5.41) is 3.25. The van der Waals surface area contributed by atoms with E-state index in [1.807, 2.05) is 60.7 Å². The number of nitrogens with zero attached hydrogens (tertiary/aromatic N) is 1. The van der Waals surface area contributed by atoms with E-state index < -0.39 is 35.7 Å². The van der Waals surface area contributed by atoms with Crippen LogP contribution in [0.3, 0.4) is 0 Å². The summed E-state index contributed by atoms with van der Waals surface area (Å²) in [6.45, 7) is 0.281. The Morgan fingerprint density at radius 2 is 1.55 bits per heavy atom. The molecule has 0 saturated carbocycles. The molecule has 0 aliphatic carbocycles. The number of cyclic esters (lactones) is 1. The van der Waals surface area contributed by atoms with Gasteiger partial charge in [-0.05, 0) is 47.9 Å². The molecule has 8 heteroatoms. The average Bonchev–Trinajstić information content (AvgIpc) is 3.33. The Hall–Kier alpha value is -4.72. The maximum Gasteiger partial charge on any atom is 0.416 e. The number of imide groups is 1. The van der Waals surface area contributed by atoms with Crippen molar-refractivity contribution >= 4 is 17.7 Å². The summed E-state index contributed by atoms with van der Waals surface area (Å²) in [6, 6.07) is 27.6. The number of hydrogen-bond donors (Lipinski definition) is 1. The summed E-state index contributed by atoms with van der Waals surface area (Å²) in [5.41, 5.74) is 2.92. The zero-order valence-corrected chi connectivity index (χ0v) is 21.6. The Bertz CT molecular complexity index is 1450. The summed E-state index contributed by atoms with van der Waals surface area (Å²) in [7, 11) is 0. The minimum absolute atomic E-state index is 0.0948. The van der Waals surface area contributed by atoms with E-state index in [-0.39, 0.29) is 25.4 Å². The van der Waals surface area contributed by atoms with Crippen molar-refractivity contribution in [1.29, 1.82) is 0 Å². The lowest BCUT2D eigenvalue weighted by atomic mass is 10.00. The van der Waals surface area contributed by atoms with Crippen LogP contribution in [-0.2, 0) is 22.6 Å². The summed E-state index contributed by atoms with van der Waals surface area (Å²) in [6.07, 6.45) is -0.410. The summed E-state index contributed by atoms with van der Waals surface area (Å²) < 4.78 is 39.2. The third kappa shape index (κ3) is 6.64. The fraction of sp³-hybridized carbons (Fsp3) is 0.188. The maximum atomic E-state index is 14.3. The van der Waals surface area contributed by atoms with E-state index in [1.165, 1.54) is 24.3 Å². The highest BCUT2D eigenvalue weighted by molar-refractivity contribution is 5.94. The number of carbonyl (C=O) groups excluding carboxylic acids is 2. The van der Waals surface area contributed by atoms with Crippen molar-refractivity contribution in [2.45, 2.75) is 31.5 Å². The third-order valence-electron chi connectivity index (χ3n) is 6.70. The summed E-state index contributed by atoms with van der Waals surface area (Å²) in [5.74, 6) is -1.11. The molecule has 1 aliphatic rings. The molecule has 0 aromatic heterocycles. The predicted octanol–water partition coefficient (Wildman–Crippen LogP) is 6.68. The highest BCUT2D eigenvalue weighted by Gasteiger charge is 2.39. The minimum atomic E-state index is -0.727. The number of ether oxygens (including phenoxy) is 2. The quantitative estimate of drug-likeness (QED) is 0.242. The molecule has 1 saturated heterocycles. The SMILES string of the molecule is O=C(CC(Nc1ccc(F)cc1)c1ccc(F)cc1OCc1ccccc1)N1C(=O)OC[C@@H]1Cc1ccccc1. The van der Waals surface area contributed by atoms with Crippen molar-refractivity contribution in [2.24, 2.45) is 0 Å². The van der Waals surface area contributed by atoms with Crippen LogP contribution in [0.5, 0.6) is 5.75 Å². The molecule has 1 aliphatic heterocycles. The number of rotatable bonds is 10. The Balaban J connectivity index is 1.42. The highest BCUT2D eigenvalue weighted by atomic mass is 19.1. The molecule has 1 fully saturated rings. The standard InChI is InChI=1S/C32H28F2N2O4/c33-24-11-14-26(15-12-24)35-29(28-16-13-25(34)18-30(28)39-20-23-9-5-2-6-10-23)19-31(37)36-27(21-40-32(36)38)17-22-7-3-1-4-8-22/h1-16,18,27,29,35H,17,19-21H2/t27-,29?/m0/s1. The molecule has 6 nitrogen and oxygen atoms in total. The van der Waals surface area contributed by atoms with Gasteiger partial charge in [0.25, 0.3) is 0 Å². The first-order valence-electron chi connectivity index (χ1n) is 13.0. The number of anilines is 1. The second kappa shape index (κ2) is 12.4. The van der Waals surface area contributed by atoms with Crippen LogP contribution in [0.1, 0.15) is 29.2 Å². The first-order chi connectivity index (χ1) is 19.5. The van der Waals surface area contributed by atoms with Gasteiger partial charge in [0, 0.05) is 17.3 Å². The van der Waals surface area contributed by atoms with Gasteiger partial charge in [-0.1, -0.05) is 66.7 Å². The van der Waals surface area contributed by atoms with Crippen LogP contribution in [0.4, 0.5) is 19.3 Å². The van der Waals surface area contributed by atoms with Crippen molar-refractivity contribution in [3.63, 3.8) is 0 Å². The zero-order chi connectivity index (χ0) is 27.9. The number of hydrogen-bond acceptors (Lipinski definition) is 5. The largest absolute Gasteiger partial charge is 0.488 e. The van der Waals surface area contributed by atoms with Gasteiger partial charge in [0.2, 0.25) is 5.91 Å². The van der Waals surface area contributed by atoms with Gasteiger partial charge in [0.05, 0.1) is 18.5 Å². The van der Waals surface area contributed by atoms with Crippen molar-refractivity contribution in [3.8, 4) is 5.75 Å². The first-order valence-corrected chi connectivity index (χ1v) is 13.0. The number of carbonyl (C=O) groups is 2. The van der Waals surface area contributed by atoms with E-state index >= 15 is 0 Å². The van der Waals surface area contributed by atoms with Gasteiger partial charge in [-0.15, -0.1) is 0 Å². The van der Waals surface area contributed by atoms with Crippen molar-refractivity contribution < 1.29 is 27.8 Å². The van der Waals surface area contributed by atoms with Crippen LogP contribution < -0.4 is 10.1 Å². The van der Waals surface area contributed by atoms with Crippen LogP contribution in [0.25, 0.3) is 0 Å². The zero-order valence-electron chi connectivity index (χ0n) is 21.6. The number of amides is 2. The van der Waals surface area contributed by atoms with E-state index in [0.29, 0.717) is 17.7 Å². The van der Waals surface area contributed by atoms with Gasteiger partial charge >= 0.3 is 6.09 Å². The molecule has 1 N–H and O–H groups in total. The average molecular weight is 543 g/mol. The molecule has 0 bridgehead atoms. The maximum absolute atomic E-state index is 14.3. The van der Waals surface area contributed by atoms with Gasteiger partial charge in [-0.25, -0.2) is 18.5 Å². The van der Waals surface area contributed by atoms with Gasteiger partial charge in [-0.3, -0.25) is 4.79 Å². The topological polar surface area (TPSA) is 67.9 Å². The molecule has 0 spiro atoms. The van der Waals surface area contributed by atoms with Crippen LogP contribution in [0.15, 0.2) is 103 Å². The lowest BCUT2D eigenvalue weighted by molar-refractivity contribution is -0.129. The lowest BCUT2D eigenvalue weighted by Gasteiger charge is -2.26. The Morgan fingerprint density at radius 3 is 2.25 bits per heavy atom. The molecular weight excluding hydrogens is 514 g/mol. The van der Waals surface area contributed by atoms with Gasteiger partial charge in [0.1, 0.15) is 30.6 Å². The van der Waals surface area contributed by atoms with E-state index in [1.54, 1.807) is 18.2 Å². The van der Waals surface area contributed by atoms with Gasteiger partial charge in [0.15, 0.2) is 0 Å². The second-order valence-electron chi connectivity index (χ2n) is 9.55. The van der Waals surface area contributed by atoms with Crippen LogP contribution >= 0.6 is 0 Å². The number of benzene rings is 4. The highest BCUT2D eigenvalue weighted by Crippen LogP contribution is 2.33. The lowest BCUT2D eigenvalue weighted by Crippen LogP contribution is -2.41. The fourth-order valence-electron chi connectivity index (χ4n) is 4.72. The van der Waals surface area contributed by atoms with E-state index in [9.17, 15) is 18.4 Å². The van der Waals surface area contributed by atoms with Gasteiger partial charge in [-0.2, -0.15) is 0 Å². The molecule has 2 amide bonds. The van der Waals surface area contributed by atoms with E-state index in [4.69, 9.17) is 9.47 Å². The molecule has 2 atom stereocenters. The predicted molar refractivity (Wildman–Crippen MR) is 147 cm³/mol. The van der Waals surface area contributed by atoms with E-state index in [0.717, 1.165) is 16.0 Å². The van der Waals surface area contributed by atoms with Crippen LogP contribution in [-0.4, -0.2) is 29.5 Å². The second-order valence-corrected chi connectivity index (χ2v) is 9.55. The number of halogens is 2. The monoisotopic (exact) mass is 542 g/mol. The van der Waals surface area contributed by atoms with Gasteiger partial charge < -0.3 is 14.8 Å². The molecular formula is C32H28F2N2O4. The molecule has 4 aromatic carbocycles. The normalized spacial score (nSPS) is 15.4. The third-order valence-corrected chi connectivity index (χ3v) is 6.70. The van der Waals surface area contributed by atoms with Crippen LogP contribution in [0.2, 0.25) is 0 Å². The molecule has 4 aromatic rings. The molecule has 1 unspecified atom stereocenters. The Kier molecular flexibility index (Phi) is 8.35. The Morgan fingerprint density at radius 1 is 0.900 bits per heavy atom. The molecule has 40 heavy (non-hydrogen) atoms. The molecule has 1 heterocycles. The minimum Gasteiger partial charge on any atom is -0.488 e. The molecule has 204 valence electrons. The van der Waals surface area contributed by atoms with Crippen molar-refractivity contribution in [2.75, 3.05) is 11.9 Å². The summed E-state index contributed by atoms with van der Waals surface area (Å²) in [4.78, 5) is 27.5. The summed E-state index contributed by atoms with van der Waals surface area (Å²) >= 11 is 0. The molecule has 5 rings (SSSR count). The van der Waals surface area contributed by atoms with E-state index in [2.05, 4.69) is 5.32 Å². The number of nitrogens with one attached hydrogen (secondary N) is 1. The van der Waals surface area contributed by atoms with Crippen molar-refractivity contribution in [1.82, 2.24) is 4.90 Å². The first kappa shape index (κ1) is 26.9. The Labute approximate surface area is 231 Å². The van der Waals surface area contributed by atoms with Crippen LogP contribution in [0, 0.1) is 11.6 Å². The fourth-order valence-corrected chi connectivity index (χ4v) is 4.72. The smallest absolute Gasteiger partial charge is 0.416 e. The molecule has 0 radical (unpaired) electrons.